The second-order valence-electron chi connectivity index (χ2n) is 5.32. The number of aliphatic hydroxyl groups is 1. The van der Waals surface area contributed by atoms with Crippen LogP contribution in [-0.4, -0.2) is 22.2 Å². The second-order valence-corrected chi connectivity index (χ2v) is 5.32. The van der Waals surface area contributed by atoms with E-state index < -0.39 is 5.41 Å². The van der Waals surface area contributed by atoms with Crippen LogP contribution in [0.1, 0.15) is 26.7 Å². The van der Waals surface area contributed by atoms with Crippen LogP contribution in [-0.2, 0) is 4.79 Å². The summed E-state index contributed by atoms with van der Waals surface area (Å²) in [5.41, 5.74) is 0.201. The number of phenolic OH excluding ortho intramolecular Hbond substituents is 1. The molecule has 19 heavy (non-hydrogen) atoms. The van der Waals surface area contributed by atoms with Crippen LogP contribution in [0.2, 0.25) is 0 Å². The summed E-state index contributed by atoms with van der Waals surface area (Å²) in [5.74, 6) is 0.000255. The van der Waals surface area contributed by atoms with Gasteiger partial charge in [0.05, 0.1) is 5.57 Å². The van der Waals surface area contributed by atoms with Crippen LogP contribution < -0.4 is 0 Å². The predicted molar refractivity (Wildman–Crippen MR) is 73.9 cm³/mol. The fraction of sp³-hybridized carbons (Fsp3) is 0.333. The maximum absolute atomic E-state index is 11.8. The summed E-state index contributed by atoms with van der Waals surface area (Å²) < 4.78 is 0. The SMILES string of the molecule is CC1(C)CCC(=O)C(C=Nc2ccccc2O)=C1O. The molecule has 4 heteroatoms. The first-order valence-corrected chi connectivity index (χ1v) is 6.21. The molecule has 1 aliphatic carbocycles. The van der Waals surface area contributed by atoms with Crippen molar-refractivity contribution in [2.24, 2.45) is 10.4 Å². The lowest BCUT2D eigenvalue weighted by molar-refractivity contribution is -0.116. The van der Waals surface area contributed by atoms with Crippen molar-refractivity contribution in [1.82, 2.24) is 0 Å². The molecule has 0 fully saturated rings. The van der Waals surface area contributed by atoms with Crippen LogP contribution in [0.5, 0.6) is 5.75 Å². The molecule has 0 spiro atoms. The first-order chi connectivity index (χ1) is 8.92. The van der Waals surface area contributed by atoms with E-state index in [-0.39, 0.29) is 22.9 Å². The summed E-state index contributed by atoms with van der Waals surface area (Å²) in [6, 6.07) is 6.60. The van der Waals surface area contributed by atoms with Crippen molar-refractivity contribution < 1.29 is 15.0 Å². The Morgan fingerprint density at radius 1 is 1.26 bits per heavy atom. The summed E-state index contributed by atoms with van der Waals surface area (Å²) in [6.07, 6.45) is 2.37. The fourth-order valence-electron chi connectivity index (χ4n) is 2.02. The zero-order valence-corrected chi connectivity index (χ0v) is 11.1. The normalized spacial score (nSPS) is 19.2. The molecule has 0 heterocycles. The second kappa shape index (κ2) is 4.88. The van der Waals surface area contributed by atoms with E-state index in [9.17, 15) is 15.0 Å². The van der Waals surface area contributed by atoms with Crippen molar-refractivity contribution in [3.63, 3.8) is 0 Å². The van der Waals surface area contributed by atoms with Gasteiger partial charge in [0.15, 0.2) is 5.78 Å². The lowest BCUT2D eigenvalue weighted by Crippen LogP contribution is -2.26. The summed E-state index contributed by atoms with van der Waals surface area (Å²) in [5, 5.41) is 19.7. The number of hydrogen-bond donors (Lipinski definition) is 2. The summed E-state index contributed by atoms with van der Waals surface area (Å²) in [7, 11) is 0. The molecule has 2 rings (SSSR count). The van der Waals surface area contributed by atoms with Gasteiger partial charge in [0.25, 0.3) is 0 Å². The first kappa shape index (κ1) is 13.3. The van der Waals surface area contributed by atoms with Gasteiger partial charge in [-0.25, -0.2) is 0 Å². The van der Waals surface area contributed by atoms with Gasteiger partial charge in [0.2, 0.25) is 0 Å². The largest absolute Gasteiger partial charge is 0.511 e. The number of benzene rings is 1. The predicted octanol–water partition coefficient (Wildman–Crippen LogP) is 3.30. The number of aliphatic imine (C=N–C) groups is 1. The highest BCUT2D eigenvalue weighted by molar-refractivity contribution is 6.14. The van der Waals surface area contributed by atoms with E-state index in [1.807, 2.05) is 13.8 Å². The lowest BCUT2D eigenvalue weighted by Gasteiger charge is -2.29. The van der Waals surface area contributed by atoms with E-state index >= 15 is 0 Å². The number of rotatable bonds is 2. The number of carbonyl (C=O) groups excluding carboxylic acids is 1. The number of aromatic hydroxyl groups is 1. The molecule has 1 aromatic carbocycles. The Balaban J connectivity index is 2.36. The number of ketones is 1. The van der Waals surface area contributed by atoms with Crippen molar-refractivity contribution in [3.05, 3.63) is 35.6 Å². The van der Waals surface area contributed by atoms with Crippen LogP contribution in [0.3, 0.4) is 0 Å². The topological polar surface area (TPSA) is 69.9 Å². The molecular formula is C15H17NO3. The molecule has 0 aliphatic heterocycles. The minimum atomic E-state index is -0.409. The van der Waals surface area contributed by atoms with Gasteiger partial charge in [-0.1, -0.05) is 26.0 Å². The first-order valence-electron chi connectivity index (χ1n) is 6.21. The molecule has 1 aliphatic rings. The Hall–Kier alpha value is -2.10. The summed E-state index contributed by atoms with van der Waals surface area (Å²) >= 11 is 0. The van der Waals surface area contributed by atoms with Gasteiger partial charge in [0.1, 0.15) is 17.2 Å². The molecule has 100 valence electrons. The number of nitrogens with zero attached hydrogens (tertiary/aromatic N) is 1. The smallest absolute Gasteiger partial charge is 0.167 e. The van der Waals surface area contributed by atoms with Gasteiger partial charge in [-0.05, 0) is 18.6 Å². The van der Waals surface area contributed by atoms with Crippen molar-refractivity contribution >= 4 is 17.7 Å². The van der Waals surface area contributed by atoms with Crippen molar-refractivity contribution in [1.29, 1.82) is 0 Å². The van der Waals surface area contributed by atoms with Crippen LogP contribution in [0.4, 0.5) is 5.69 Å². The van der Waals surface area contributed by atoms with E-state index in [1.54, 1.807) is 18.2 Å². The Bertz CT molecular complexity index is 571. The molecule has 0 unspecified atom stereocenters. The average molecular weight is 259 g/mol. The number of Topliss-reactive ketones (excluding diaryl/α,β-unsaturated/α-hetero) is 1. The molecule has 0 aromatic heterocycles. The molecular weight excluding hydrogens is 242 g/mol. The molecule has 0 saturated heterocycles. The monoisotopic (exact) mass is 259 g/mol. The molecule has 1 aromatic rings. The van der Waals surface area contributed by atoms with Crippen molar-refractivity contribution in [2.75, 3.05) is 0 Å². The third kappa shape index (κ3) is 2.67. The number of allylic oxidation sites excluding steroid dienone is 2. The minimum absolute atomic E-state index is 0.0429. The van der Waals surface area contributed by atoms with Gasteiger partial charge >= 0.3 is 0 Å². The zero-order valence-electron chi connectivity index (χ0n) is 11.1. The molecule has 0 amide bonds. The minimum Gasteiger partial charge on any atom is -0.511 e. The third-order valence-corrected chi connectivity index (χ3v) is 3.39. The highest BCUT2D eigenvalue weighted by Gasteiger charge is 2.33. The Morgan fingerprint density at radius 2 is 1.95 bits per heavy atom. The highest BCUT2D eigenvalue weighted by atomic mass is 16.3. The lowest BCUT2D eigenvalue weighted by atomic mass is 9.77. The van der Waals surface area contributed by atoms with Crippen LogP contribution in [0.25, 0.3) is 0 Å². The van der Waals surface area contributed by atoms with E-state index in [1.165, 1.54) is 12.3 Å². The Labute approximate surface area is 112 Å². The fourth-order valence-corrected chi connectivity index (χ4v) is 2.02. The zero-order chi connectivity index (χ0) is 14.0. The number of phenols is 1. The molecule has 0 atom stereocenters. The number of hydrogen-bond acceptors (Lipinski definition) is 4. The number of aliphatic hydroxyl groups excluding tert-OH is 1. The van der Waals surface area contributed by atoms with Gasteiger partial charge < -0.3 is 10.2 Å². The van der Waals surface area contributed by atoms with Gasteiger partial charge in [-0.3, -0.25) is 9.79 Å². The molecule has 0 radical (unpaired) electrons. The highest BCUT2D eigenvalue weighted by Crippen LogP contribution is 2.36. The van der Waals surface area contributed by atoms with Crippen molar-refractivity contribution in [2.45, 2.75) is 26.7 Å². The quantitative estimate of drug-likeness (QED) is 0.800. The third-order valence-electron chi connectivity index (χ3n) is 3.39. The van der Waals surface area contributed by atoms with E-state index in [0.29, 0.717) is 18.5 Å². The standard InChI is InChI=1S/C15H17NO3/c1-15(2)8-7-12(17)10(14(15)19)9-16-11-5-3-4-6-13(11)18/h3-6,9,18-19H,7-8H2,1-2H3. The molecule has 0 saturated carbocycles. The van der Waals surface area contributed by atoms with Crippen LogP contribution in [0, 0.1) is 5.41 Å². The summed E-state index contributed by atoms with van der Waals surface area (Å²) in [6.45, 7) is 3.78. The maximum atomic E-state index is 11.8. The summed E-state index contributed by atoms with van der Waals surface area (Å²) in [4.78, 5) is 15.9. The van der Waals surface area contributed by atoms with E-state index in [2.05, 4.69) is 4.99 Å². The van der Waals surface area contributed by atoms with Gasteiger partial charge in [0, 0.05) is 18.1 Å². The Morgan fingerprint density at radius 3 is 2.63 bits per heavy atom. The van der Waals surface area contributed by atoms with E-state index in [4.69, 9.17) is 0 Å². The molecule has 0 bridgehead atoms. The molecule has 2 N–H and O–H groups in total. The van der Waals surface area contributed by atoms with Gasteiger partial charge in [-0.2, -0.15) is 0 Å². The van der Waals surface area contributed by atoms with Crippen molar-refractivity contribution in [3.8, 4) is 5.75 Å². The molecule has 4 nitrogen and oxygen atoms in total. The Kier molecular flexibility index (Phi) is 3.42. The average Bonchev–Trinajstić information content (AvgIpc) is 2.37. The van der Waals surface area contributed by atoms with Crippen LogP contribution in [0.15, 0.2) is 40.6 Å². The number of carbonyl (C=O) groups is 1. The number of para-hydroxylation sites is 2. The maximum Gasteiger partial charge on any atom is 0.167 e. The van der Waals surface area contributed by atoms with Crippen LogP contribution >= 0.6 is 0 Å². The van der Waals surface area contributed by atoms with E-state index in [0.717, 1.165) is 0 Å². The van der Waals surface area contributed by atoms with Gasteiger partial charge in [-0.15, -0.1) is 0 Å².